The molecule has 0 aliphatic carbocycles. The van der Waals surface area contributed by atoms with Gasteiger partial charge in [-0.2, -0.15) is 26.3 Å². The molecule has 2 amide bonds. The minimum absolute atomic E-state index is 0.0332. The van der Waals surface area contributed by atoms with E-state index in [1.807, 2.05) is 0 Å². The summed E-state index contributed by atoms with van der Waals surface area (Å²) in [5, 5.41) is 11.5. The number of rotatable bonds is 7. The number of nitrogens with one attached hydrogen (secondary N) is 1. The van der Waals surface area contributed by atoms with E-state index in [1.165, 1.54) is 49.5 Å². The van der Waals surface area contributed by atoms with Gasteiger partial charge in [0.05, 0.1) is 12.2 Å². The molecule has 13 heteroatoms. The Balaban J connectivity index is 2.04. The molecule has 3 aromatic rings. The first kappa shape index (κ1) is 31.5. The average molecular weight is 588 g/mol. The van der Waals surface area contributed by atoms with E-state index in [4.69, 9.17) is 5.11 Å². The Labute approximate surface area is 229 Å². The van der Waals surface area contributed by atoms with Crippen molar-refractivity contribution in [3.8, 4) is 11.1 Å². The summed E-state index contributed by atoms with van der Waals surface area (Å²) < 4.78 is 110. The number of halogens is 8. The molecule has 0 fully saturated rings. The molecule has 0 heterocycles. The molecule has 2 N–H and O–H groups in total. The van der Waals surface area contributed by atoms with Crippen molar-refractivity contribution in [3.05, 3.63) is 88.2 Å². The van der Waals surface area contributed by atoms with E-state index in [9.17, 15) is 40.3 Å². The predicted octanol–water partition coefficient (Wildman–Crippen LogP) is 6.72. The number of aliphatic hydroxyl groups is 1. The lowest BCUT2D eigenvalue weighted by atomic mass is 9.90. The molecule has 0 bridgehead atoms. The Morgan fingerprint density at radius 1 is 0.829 bits per heavy atom. The Morgan fingerprint density at radius 2 is 1.34 bits per heavy atom. The number of hydrogen-bond acceptors (Lipinski definition) is 3. The second-order valence-corrected chi connectivity index (χ2v) is 9.26. The van der Waals surface area contributed by atoms with Crippen molar-refractivity contribution in [1.82, 2.24) is 4.90 Å². The fourth-order valence-electron chi connectivity index (χ4n) is 4.31. The molecule has 0 saturated heterocycles. The zero-order valence-electron chi connectivity index (χ0n) is 21.8. The molecule has 0 unspecified atom stereocenters. The van der Waals surface area contributed by atoms with E-state index in [1.54, 1.807) is 0 Å². The molecule has 0 radical (unpaired) electrons. The lowest BCUT2D eigenvalue weighted by Gasteiger charge is -2.31. The zero-order chi connectivity index (χ0) is 30.9. The van der Waals surface area contributed by atoms with Crippen molar-refractivity contribution < 1.29 is 49.8 Å². The number of anilines is 1. The van der Waals surface area contributed by atoms with Crippen LogP contribution >= 0.6 is 0 Å². The van der Waals surface area contributed by atoms with E-state index in [0.717, 1.165) is 18.7 Å². The lowest BCUT2D eigenvalue weighted by Crippen LogP contribution is -2.50. The summed E-state index contributed by atoms with van der Waals surface area (Å²) in [4.78, 5) is 27.0. The fourth-order valence-corrected chi connectivity index (χ4v) is 4.31. The van der Waals surface area contributed by atoms with Gasteiger partial charge in [0.1, 0.15) is 5.82 Å². The summed E-state index contributed by atoms with van der Waals surface area (Å²) in [7, 11) is 1.36. The Hall–Kier alpha value is -4.00. The van der Waals surface area contributed by atoms with Crippen LogP contribution in [0, 0.1) is 19.7 Å². The number of carbonyl (C=O) groups is 2. The third-order valence-electron chi connectivity index (χ3n) is 6.42. The van der Waals surface area contributed by atoms with Crippen LogP contribution in [-0.2, 0) is 5.67 Å². The van der Waals surface area contributed by atoms with Crippen LogP contribution in [-0.4, -0.2) is 54.4 Å². The van der Waals surface area contributed by atoms with Gasteiger partial charge in [0, 0.05) is 36.0 Å². The second kappa shape index (κ2) is 11.5. The number of carbonyl (C=O) groups excluding carboxylic acids is 2. The third kappa shape index (κ3) is 5.90. The smallest absolute Gasteiger partial charge is 0.395 e. The first-order chi connectivity index (χ1) is 19.0. The van der Waals surface area contributed by atoms with E-state index in [2.05, 4.69) is 5.32 Å². The Kier molecular flexibility index (Phi) is 8.82. The first-order valence-corrected chi connectivity index (χ1v) is 11.9. The van der Waals surface area contributed by atoms with E-state index >= 15 is 4.39 Å². The SMILES string of the molecule is Cc1cc(C(F)(C(F)(F)F)C(F)(F)F)cc(C)c1NC(=O)c1ccccc1-c1cccc(C(=O)N(C)CCO)c1F. The molecule has 3 aromatic carbocycles. The minimum Gasteiger partial charge on any atom is -0.395 e. The van der Waals surface area contributed by atoms with E-state index in [-0.39, 0.29) is 52.2 Å². The van der Waals surface area contributed by atoms with Gasteiger partial charge in [0.25, 0.3) is 11.8 Å². The Bertz CT molecular complexity index is 1430. The minimum atomic E-state index is -6.30. The molecular weight excluding hydrogens is 564 g/mol. The molecule has 0 aromatic heterocycles. The summed E-state index contributed by atoms with van der Waals surface area (Å²) in [6, 6.07) is 10.2. The van der Waals surface area contributed by atoms with Gasteiger partial charge in [0.2, 0.25) is 0 Å². The number of benzene rings is 3. The van der Waals surface area contributed by atoms with Crippen LogP contribution in [0.5, 0.6) is 0 Å². The molecular formula is C28H24F8N2O3. The van der Waals surface area contributed by atoms with Gasteiger partial charge in [-0.05, 0) is 42.7 Å². The number of nitrogens with zero attached hydrogens (tertiary/aromatic N) is 1. The molecule has 0 spiro atoms. The van der Waals surface area contributed by atoms with Crippen molar-refractivity contribution in [2.75, 3.05) is 25.5 Å². The molecule has 0 atom stereocenters. The van der Waals surface area contributed by atoms with Crippen LogP contribution in [0.2, 0.25) is 0 Å². The van der Waals surface area contributed by atoms with Crippen LogP contribution in [0.1, 0.15) is 37.4 Å². The zero-order valence-corrected chi connectivity index (χ0v) is 21.8. The summed E-state index contributed by atoms with van der Waals surface area (Å²) >= 11 is 0. The van der Waals surface area contributed by atoms with Gasteiger partial charge in [0.15, 0.2) is 0 Å². The summed E-state index contributed by atoms with van der Waals surface area (Å²) in [5.74, 6) is -2.59. The number of aryl methyl sites for hydroxylation is 2. The average Bonchev–Trinajstić information content (AvgIpc) is 2.88. The van der Waals surface area contributed by atoms with Crippen molar-refractivity contribution >= 4 is 17.5 Å². The summed E-state index contributed by atoms with van der Waals surface area (Å²) in [6.45, 7) is 1.78. The van der Waals surface area contributed by atoms with Crippen LogP contribution in [0.3, 0.4) is 0 Å². The molecule has 41 heavy (non-hydrogen) atoms. The molecule has 0 aliphatic rings. The maximum absolute atomic E-state index is 15.5. The fraction of sp³-hybridized carbons (Fsp3) is 0.286. The number of amides is 2. The highest BCUT2D eigenvalue weighted by Gasteiger charge is 2.73. The second-order valence-electron chi connectivity index (χ2n) is 9.26. The van der Waals surface area contributed by atoms with Crippen molar-refractivity contribution in [3.63, 3.8) is 0 Å². The lowest BCUT2D eigenvalue weighted by molar-refractivity contribution is -0.348. The van der Waals surface area contributed by atoms with Gasteiger partial charge < -0.3 is 15.3 Å². The van der Waals surface area contributed by atoms with Crippen molar-refractivity contribution in [1.29, 1.82) is 0 Å². The highest BCUT2D eigenvalue weighted by molar-refractivity contribution is 6.09. The maximum Gasteiger partial charge on any atom is 0.435 e. The maximum atomic E-state index is 15.5. The largest absolute Gasteiger partial charge is 0.435 e. The highest BCUT2D eigenvalue weighted by atomic mass is 19.4. The molecule has 0 aliphatic heterocycles. The quantitative estimate of drug-likeness (QED) is 0.302. The highest BCUT2D eigenvalue weighted by Crippen LogP contribution is 2.53. The number of aliphatic hydroxyl groups excluding tert-OH is 1. The number of alkyl halides is 7. The molecule has 220 valence electrons. The summed E-state index contributed by atoms with van der Waals surface area (Å²) in [6.07, 6.45) is -12.6. The van der Waals surface area contributed by atoms with Crippen LogP contribution in [0.25, 0.3) is 11.1 Å². The first-order valence-electron chi connectivity index (χ1n) is 11.9. The van der Waals surface area contributed by atoms with Crippen LogP contribution < -0.4 is 5.32 Å². The van der Waals surface area contributed by atoms with Gasteiger partial charge in [-0.1, -0.05) is 42.5 Å². The third-order valence-corrected chi connectivity index (χ3v) is 6.42. The number of hydrogen-bond donors (Lipinski definition) is 2. The normalized spacial score (nSPS) is 12.3. The number of likely N-dealkylation sites (N-methyl/N-ethyl adjacent to an activating group) is 1. The van der Waals surface area contributed by atoms with Crippen molar-refractivity contribution in [2.24, 2.45) is 0 Å². The van der Waals surface area contributed by atoms with Crippen LogP contribution in [0.4, 0.5) is 40.8 Å². The topological polar surface area (TPSA) is 69.6 Å². The van der Waals surface area contributed by atoms with Gasteiger partial charge in [-0.3, -0.25) is 9.59 Å². The monoisotopic (exact) mass is 588 g/mol. The standard InChI is InChI=1S/C28H24F8N2O3/c1-15-13-17(26(30,27(31,32)33)28(34,35)36)14-16(2)23(15)37-24(40)20-8-5-4-7-18(20)19-9-6-10-21(22(19)29)25(41)38(3)11-12-39/h4-10,13-14,39H,11-12H2,1-3H3,(H,37,40). The molecule has 3 rings (SSSR count). The molecule has 5 nitrogen and oxygen atoms in total. The van der Waals surface area contributed by atoms with Gasteiger partial charge in [-0.15, -0.1) is 0 Å². The van der Waals surface area contributed by atoms with Gasteiger partial charge >= 0.3 is 18.0 Å². The predicted molar refractivity (Wildman–Crippen MR) is 135 cm³/mol. The van der Waals surface area contributed by atoms with E-state index in [0.29, 0.717) is 12.1 Å². The van der Waals surface area contributed by atoms with E-state index < -0.39 is 41.2 Å². The summed E-state index contributed by atoms with van der Waals surface area (Å²) in [5.41, 5.74) is -8.65. The van der Waals surface area contributed by atoms with Crippen LogP contribution in [0.15, 0.2) is 54.6 Å². The Morgan fingerprint density at radius 3 is 1.88 bits per heavy atom. The van der Waals surface area contributed by atoms with Gasteiger partial charge in [-0.25, -0.2) is 8.78 Å². The molecule has 0 saturated carbocycles. The van der Waals surface area contributed by atoms with Crippen molar-refractivity contribution in [2.45, 2.75) is 31.9 Å².